The number of urea groups is 1. The Hall–Kier alpha value is -3.61. The summed E-state index contributed by atoms with van der Waals surface area (Å²) in [6, 6.07) is 15.4. The van der Waals surface area contributed by atoms with Crippen LogP contribution in [0.5, 0.6) is 0 Å². The first-order valence-electron chi connectivity index (χ1n) is 7.88. The minimum absolute atomic E-state index is 0.142. The molecule has 2 aromatic carbocycles. The fraction of sp³-hybridized carbons (Fsp3) is 0.105. The summed E-state index contributed by atoms with van der Waals surface area (Å²) in [6.07, 6.45) is 1.48. The standard InChI is InChI=1S/C19H16N2O5/c22-17(21-19(24)20-11-16-6-3-9-25-16)12-26-18(23)15-8-7-13-4-1-2-5-14(13)10-15/h1-10H,11-12H2,(H2,20,21,22,24). The maximum absolute atomic E-state index is 12.0. The summed E-state index contributed by atoms with van der Waals surface area (Å²) in [5.74, 6) is -0.812. The van der Waals surface area contributed by atoms with Crippen LogP contribution in [-0.4, -0.2) is 24.5 Å². The average molecular weight is 352 g/mol. The van der Waals surface area contributed by atoms with Crippen LogP contribution in [-0.2, 0) is 16.1 Å². The summed E-state index contributed by atoms with van der Waals surface area (Å²) >= 11 is 0. The molecule has 0 atom stereocenters. The molecule has 0 saturated heterocycles. The highest BCUT2D eigenvalue weighted by Gasteiger charge is 2.13. The molecule has 0 aliphatic rings. The van der Waals surface area contributed by atoms with E-state index in [1.807, 2.05) is 24.3 Å². The molecule has 0 saturated carbocycles. The molecule has 26 heavy (non-hydrogen) atoms. The number of hydrogen-bond donors (Lipinski definition) is 2. The molecule has 0 fully saturated rings. The van der Waals surface area contributed by atoms with Gasteiger partial charge in [0.15, 0.2) is 6.61 Å². The number of nitrogens with one attached hydrogen (secondary N) is 2. The van der Waals surface area contributed by atoms with Gasteiger partial charge in [-0.1, -0.05) is 30.3 Å². The molecule has 3 rings (SSSR count). The van der Waals surface area contributed by atoms with Crippen LogP contribution in [0.3, 0.4) is 0 Å². The van der Waals surface area contributed by atoms with Crippen molar-refractivity contribution in [3.63, 3.8) is 0 Å². The number of rotatable bonds is 5. The van der Waals surface area contributed by atoms with Gasteiger partial charge in [-0.2, -0.15) is 0 Å². The third kappa shape index (κ3) is 4.47. The van der Waals surface area contributed by atoms with E-state index in [0.29, 0.717) is 11.3 Å². The number of hydrogen-bond acceptors (Lipinski definition) is 5. The Morgan fingerprint density at radius 2 is 1.77 bits per heavy atom. The predicted molar refractivity (Wildman–Crippen MR) is 93.3 cm³/mol. The zero-order chi connectivity index (χ0) is 18.4. The summed E-state index contributed by atoms with van der Waals surface area (Å²) in [6.45, 7) is -0.414. The monoisotopic (exact) mass is 352 g/mol. The van der Waals surface area contributed by atoms with Crippen LogP contribution in [0.2, 0.25) is 0 Å². The van der Waals surface area contributed by atoms with E-state index >= 15 is 0 Å². The quantitative estimate of drug-likeness (QED) is 0.688. The summed E-state index contributed by atoms with van der Waals surface area (Å²) in [5, 5.41) is 6.41. The smallest absolute Gasteiger partial charge is 0.338 e. The highest BCUT2D eigenvalue weighted by Crippen LogP contribution is 2.16. The average Bonchev–Trinajstić information content (AvgIpc) is 3.17. The van der Waals surface area contributed by atoms with Crippen molar-refractivity contribution in [3.05, 3.63) is 72.2 Å². The molecule has 0 spiro atoms. The molecule has 0 bridgehead atoms. The Kier molecular flexibility index (Phi) is 5.28. The van der Waals surface area contributed by atoms with E-state index in [2.05, 4.69) is 10.6 Å². The number of furan rings is 1. The highest BCUT2D eigenvalue weighted by molar-refractivity contribution is 5.98. The molecule has 132 valence electrons. The topological polar surface area (TPSA) is 97.6 Å². The maximum atomic E-state index is 12.0. The van der Waals surface area contributed by atoms with Crippen molar-refractivity contribution in [3.8, 4) is 0 Å². The number of esters is 1. The number of amides is 3. The summed E-state index contributed by atoms with van der Waals surface area (Å²) < 4.78 is 9.99. The van der Waals surface area contributed by atoms with Gasteiger partial charge in [0.1, 0.15) is 5.76 Å². The molecular formula is C19H16N2O5. The van der Waals surface area contributed by atoms with Crippen LogP contribution in [0, 0.1) is 0 Å². The molecule has 0 aliphatic heterocycles. The SMILES string of the molecule is O=C(COC(=O)c1ccc2ccccc2c1)NC(=O)NCc1ccco1. The van der Waals surface area contributed by atoms with Crippen molar-refractivity contribution in [1.29, 1.82) is 0 Å². The van der Waals surface area contributed by atoms with Gasteiger partial charge in [-0.05, 0) is 35.0 Å². The predicted octanol–water partition coefficient (Wildman–Crippen LogP) is 2.62. The second-order valence-electron chi connectivity index (χ2n) is 5.45. The number of carbonyl (C=O) groups excluding carboxylic acids is 3. The lowest BCUT2D eigenvalue weighted by molar-refractivity contribution is -0.123. The molecular weight excluding hydrogens is 336 g/mol. The second kappa shape index (κ2) is 7.98. The van der Waals surface area contributed by atoms with Crippen LogP contribution in [0.15, 0.2) is 65.3 Å². The van der Waals surface area contributed by atoms with E-state index in [4.69, 9.17) is 9.15 Å². The van der Waals surface area contributed by atoms with Crippen molar-refractivity contribution >= 4 is 28.7 Å². The third-order valence-electron chi connectivity index (χ3n) is 3.58. The number of benzene rings is 2. The van der Waals surface area contributed by atoms with Crippen molar-refractivity contribution in [2.75, 3.05) is 6.61 Å². The van der Waals surface area contributed by atoms with E-state index in [-0.39, 0.29) is 6.54 Å². The number of carbonyl (C=O) groups is 3. The Balaban J connectivity index is 1.47. The third-order valence-corrected chi connectivity index (χ3v) is 3.58. The zero-order valence-electron chi connectivity index (χ0n) is 13.7. The molecule has 3 amide bonds. The van der Waals surface area contributed by atoms with Gasteiger partial charge in [-0.3, -0.25) is 10.1 Å². The normalized spacial score (nSPS) is 10.3. The minimum atomic E-state index is -0.726. The van der Waals surface area contributed by atoms with Gasteiger partial charge >= 0.3 is 12.0 Å². The van der Waals surface area contributed by atoms with E-state index in [1.165, 1.54) is 6.26 Å². The molecule has 0 radical (unpaired) electrons. The van der Waals surface area contributed by atoms with E-state index < -0.39 is 24.5 Å². The van der Waals surface area contributed by atoms with Crippen molar-refractivity contribution in [1.82, 2.24) is 10.6 Å². The van der Waals surface area contributed by atoms with Crippen LogP contribution in [0.25, 0.3) is 10.8 Å². The number of fused-ring (bicyclic) bond motifs is 1. The van der Waals surface area contributed by atoms with Gasteiger partial charge in [-0.15, -0.1) is 0 Å². The van der Waals surface area contributed by atoms with E-state index in [1.54, 1.807) is 30.3 Å². The Morgan fingerprint density at radius 3 is 2.54 bits per heavy atom. The Morgan fingerprint density at radius 1 is 0.962 bits per heavy atom. The molecule has 0 aliphatic carbocycles. The molecule has 1 heterocycles. The molecule has 7 heteroatoms. The van der Waals surface area contributed by atoms with Gasteiger partial charge in [0.25, 0.3) is 5.91 Å². The molecule has 3 aromatic rings. The van der Waals surface area contributed by atoms with E-state index in [0.717, 1.165) is 10.8 Å². The first-order chi connectivity index (χ1) is 12.6. The lowest BCUT2D eigenvalue weighted by Gasteiger charge is -2.07. The fourth-order valence-corrected chi connectivity index (χ4v) is 2.32. The first-order valence-corrected chi connectivity index (χ1v) is 7.88. The van der Waals surface area contributed by atoms with Crippen LogP contribution >= 0.6 is 0 Å². The van der Waals surface area contributed by atoms with Gasteiger partial charge in [0.05, 0.1) is 18.4 Å². The highest BCUT2D eigenvalue weighted by atomic mass is 16.5. The lowest BCUT2D eigenvalue weighted by atomic mass is 10.1. The minimum Gasteiger partial charge on any atom is -0.467 e. The first kappa shape index (κ1) is 17.2. The lowest BCUT2D eigenvalue weighted by Crippen LogP contribution is -2.41. The van der Waals surface area contributed by atoms with Gasteiger partial charge in [0.2, 0.25) is 0 Å². The summed E-state index contributed by atoms with van der Waals surface area (Å²) in [5.41, 5.74) is 0.332. The van der Waals surface area contributed by atoms with Crippen molar-refractivity contribution < 1.29 is 23.5 Å². The maximum Gasteiger partial charge on any atom is 0.338 e. The number of ether oxygens (including phenoxy) is 1. The number of imide groups is 1. The molecule has 2 N–H and O–H groups in total. The van der Waals surface area contributed by atoms with E-state index in [9.17, 15) is 14.4 Å². The molecule has 0 unspecified atom stereocenters. The largest absolute Gasteiger partial charge is 0.467 e. The summed E-state index contributed by atoms with van der Waals surface area (Å²) in [7, 11) is 0. The molecule has 1 aromatic heterocycles. The van der Waals surface area contributed by atoms with Crippen molar-refractivity contribution in [2.24, 2.45) is 0 Å². The van der Waals surface area contributed by atoms with Crippen molar-refractivity contribution in [2.45, 2.75) is 6.54 Å². The second-order valence-corrected chi connectivity index (χ2v) is 5.45. The van der Waals surface area contributed by atoms with Crippen LogP contribution in [0.1, 0.15) is 16.1 Å². The zero-order valence-corrected chi connectivity index (χ0v) is 13.7. The van der Waals surface area contributed by atoms with Crippen LogP contribution in [0.4, 0.5) is 4.79 Å². The Bertz CT molecular complexity index is 934. The van der Waals surface area contributed by atoms with Gasteiger partial charge in [0, 0.05) is 0 Å². The van der Waals surface area contributed by atoms with Gasteiger partial charge in [-0.25, -0.2) is 9.59 Å². The van der Waals surface area contributed by atoms with Gasteiger partial charge < -0.3 is 14.5 Å². The van der Waals surface area contributed by atoms with Crippen LogP contribution < -0.4 is 10.6 Å². The Labute approximate surface area is 148 Å². The molecule has 7 nitrogen and oxygen atoms in total. The summed E-state index contributed by atoms with van der Waals surface area (Å²) in [4.78, 5) is 35.3. The fourth-order valence-electron chi connectivity index (χ4n) is 2.32.